The summed E-state index contributed by atoms with van der Waals surface area (Å²) in [5.74, 6) is 0.902. The summed E-state index contributed by atoms with van der Waals surface area (Å²) in [4.78, 5) is 8.08. The van der Waals surface area contributed by atoms with Crippen molar-refractivity contribution in [1.29, 1.82) is 0 Å². The monoisotopic (exact) mass is 274 g/mol. The van der Waals surface area contributed by atoms with Gasteiger partial charge in [-0.2, -0.15) is 5.10 Å². The maximum atomic E-state index is 4.69. The Kier molecular flexibility index (Phi) is 2.78. The van der Waals surface area contributed by atoms with Crippen LogP contribution in [0.3, 0.4) is 0 Å². The second kappa shape index (κ2) is 4.90. The molecule has 102 valence electrons. The van der Waals surface area contributed by atoms with Crippen LogP contribution in [0.2, 0.25) is 0 Å². The lowest BCUT2D eigenvalue weighted by Crippen LogP contribution is -2.01. The van der Waals surface area contributed by atoms with Crippen molar-refractivity contribution >= 4 is 11.0 Å². The fourth-order valence-electron chi connectivity index (χ4n) is 2.54. The van der Waals surface area contributed by atoms with Crippen LogP contribution >= 0.6 is 0 Å². The third-order valence-electron chi connectivity index (χ3n) is 3.55. The molecule has 0 amide bonds. The van der Waals surface area contributed by atoms with Crippen molar-refractivity contribution < 1.29 is 0 Å². The van der Waals surface area contributed by atoms with E-state index in [2.05, 4.69) is 27.2 Å². The number of benzene rings is 2. The number of hydrogen-bond donors (Lipinski definition) is 1. The SMILES string of the molecule is c1ccc(-c2nc3ccccc3[nH]2)c(Cn2cccn2)c1. The highest BCUT2D eigenvalue weighted by atomic mass is 15.3. The molecule has 0 spiro atoms. The van der Waals surface area contributed by atoms with E-state index in [4.69, 9.17) is 0 Å². The fourth-order valence-corrected chi connectivity index (χ4v) is 2.54. The molecule has 0 saturated heterocycles. The summed E-state index contributed by atoms with van der Waals surface area (Å²) in [6.07, 6.45) is 3.76. The normalized spacial score (nSPS) is 11.0. The maximum Gasteiger partial charge on any atom is 0.138 e. The molecule has 0 atom stereocenters. The highest BCUT2D eigenvalue weighted by molar-refractivity contribution is 5.79. The number of imidazole rings is 1. The fraction of sp³-hybridized carbons (Fsp3) is 0.0588. The summed E-state index contributed by atoms with van der Waals surface area (Å²) in [6, 6.07) is 18.3. The van der Waals surface area contributed by atoms with Crippen LogP contribution in [0.1, 0.15) is 5.56 Å². The van der Waals surface area contributed by atoms with Crippen LogP contribution in [0.25, 0.3) is 22.4 Å². The van der Waals surface area contributed by atoms with E-state index in [0.717, 1.165) is 29.0 Å². The van der Waals surface area contributed by atoms with Gasteiger partial charge in [0.15, 0.2) is 0 Å². The number of aromatic nitrogens is 4. The molecule has 21 heavy (non-hydrogen) atoms. The molecule has 4 nitrogen and oxygen atoms in total. The predicted octanol–water partition coefficient (Wildman–Crippen LogP) is 3.47. The maximum absolute atomic E-state index is 4.69. The van der Waals surface area contributed by atoms with Gasteiger partial charge in [0.05, 0.1) is 17.6 Å². The molecule has 2 aromatic heterocycles. The van der Waals surface area contributed by atoms with Gasteiger partial charge in [0.1, 0.15) is 5.82 Å². The summed E-state index contributed by atoms with van der Waals surface area (Å²) in [5.41, 5.74) is 4.35. The van der Waals surface area contributed by atoms with Gasteiger partial charge >= 0.3 is 0 Å². The zero-order valence-corrected chi connectivity index (χ0v) is 11.4. The van der Waals surface area contributed by atoms with Crippen molar-refractivity contribution in [1.82, 2.24) is 19.7 Å². The highest BCUT2D eigenvalue weighted by Crippen LogP contribution is 2.24. The average Bonchev–Trinajstić information content (AvgIpc) is 3.16. The van der Waals surface area contributed by atoms with Crippen LogP contribution in [-0.2, 0) is 6.54 Å². The molecular weight excluding hydrogens is 260 g/mol. The van der Waals surface area contributed by atoms with Crippen LogP contribution in [0.15, 0.2) is 67.0 Å². The summed E-state index contributed by atoms with van der Waals surface area (Å²) in [5, 5.41) is 4.28. The summed E-state index contributed by atoms with van der Waals surface area (Å²) in [6.45, 7) is 0.736. The molecule has 0 saturated carbocycles. The van der Waals surface area contributed by atoms with Crippen molar-refractivity contribution in [3.63, 3.8) is 0 Å². The first-order valence-electron chi connectivity index (χ1n) is 6.90. The lowest BCUT2D eigenvalue weighted by atomic mass is 10.1. The molecule has 0 fully saturated rings. The summed E-state index contributed by atoms with van der Waals surface area (Å²) >= 11 is 0. The molecule has 0 unspecified atom stereocenters. The molecule has 1 N–H and O–H groups in total. The molecule has 4 aromatic rings. The van der Waals surface area contributed by atoms with Gasteiger partial charge in [0, 0.05) is 18.0 Å². The minimum Gasteiger partial charge on any atom is -0.338 e. The molecule has 0 radical (unpaired) electrons. The number of para-hydroxylation sites is 2. The summed E-state index contributed by atoms with van der Waals surface area (Å²) < 4.78 is 1.92. The van der Waals surface area contributed by atoms with E-state index in [9.17, 15) is 0 Å². The van der Waals surface area contributed by atoms with Crippen LogP contribution < -0.4 is 0 Å². The Hall–Kier alpha value is -2.88. The van der Waals surface area contributed by atoms with Crippen molar-refractivity contribution in [2.75, 3.05) is 0 Å². The lowest BCUT2D eigenvalue weighted by molar-refractivity contribution is 0.687. The molecule has 2 heterocycles. The van der Waals surface area contributed by atoms with E-state index in [1.807, 2.05) is 53.3 Å². The molecule has 0 aliphatic heterocycles. The Morgan fingerprint density at radius 2 is 1.81 bits per heavy atom. The number of rotatable bonds is 3. The number of aromatic amines is 1. The quantitative estimate of drug-likeness (QED) is 0.621. The molecule has 0 aliphatic rings. The van der Waals surface area contributed by atoms with Gasteiger partial charge in [-0.05, 0) is 23.8 Å². The van der Waals surface area contributed by atoms with E-state index in [-0.39, 0.29) is 0 Å². The van der Waals surface area contributed by atoms with Gasteiger partial charge in [-0.25, -0.2) is 4.98 Å². The van der Waals surface area contributed by atoms with Gasteiger partial charge in [0.2, 0.25) is 0 Å². The van der Waals surface area contributed by atoms with Gasteiger partial charge in [-0.1, -0.05) is 36.4 Å². The molecule has 2 aromatic carbocycles. The first-order valence-corrected chi connectivity index (χ1v) is 6.90. The van der Waals surface area contributed by atoms with E-state index in [1.54, 1.807) is 6.20 Å². The van der Waals surface area contributed by atoms with E-state index >= 15 is 0 Å². The van der Waals surface area contributed by atoms with Crippen LogP contribution in [0, 0.1) is 0 Å². The van der Waals surface area contributed by atoms with Crippen molar-refractivity contribution in [3.05, 3.63) is 72.6 Å². The van der Waals surface area contributed by atoms with Crippen molar-refractivity contribution in [3.8, 4) is 11.4 Å². The Labute approximate surface area is 122 Å². The molecule has 0 bridgehead atoms. The third kappa shape index (κ3) is 2.21. The van der Waals surface area contributed by atoms with E-state index in [0.29, 0.717) is 0 Å². The number of nitrogens with zero attached hydrogens (tertiary/aromatic N) is 3. The van der Waals surface area contributed by atoms with E-state index < -0.39 is 0 Å². The Bertz CT molecular complexity index is 842. The van der Waals surface area contributed by atoms with Gasteiger partial charge in [-0.15, -0.1) is 0 Å². The predicted molar refractivity (Wildman–Crippen MR) is 82.9 cm³/mol. The van der Waals surface area contributed by atoms with Gasteiger partial charge in [0.25, 0.3) is 0 Å². The Morgan fingerprint density at radius 3 is 2.67 bits per heavy atom. The topological polar surface area (TPSA) is 46.5 Å². The molecular formula is C17H14N4. The third-order valence-corrected chi connectivity index (χ3v) is 3.55. The Morgan fingerprint density at radius 1 is 0.952 bits per heavy atom. The number of fused-ring (bicyclic) bond motifs is 1. The minimum atomic E-state index is 0.736. The van der Waals surface area contributed by atoms with E-state index in [1.165, 1.54) is 5.56 Å². The summed E-state index contributed by atoms with van der Waals surface area (Å²) in [7, 11) is 0. The highest BCUT2D eigenvalue weighted by Gasteiger charge is 2.09. The first kappa shape index (κ1) is 11.9. The number of H-pyrrole nitrogens is 1. The smallest absolute Gasteiger partial charge is 0.138 e. The first-order chi connectivity index (χ1) is 10.4. The molecule has 4 heteroatoms. The number of nitrogens with one attached hydrogen (secondary N) is 1. The molecule has 0 aliphatic carbocycles. The van der Waals surface area contributed by atoms with Crippen molar-refractivity contribution in [2.24, 2.45) is 0 Å². The van der Waals surface area contributed by atoms with Crippen LogP contribution in [0.4, 0.5) is 0 Å². The number of hydrogen-bond acceptors (Lipinski definition) is 2. The van der Waals surface area contributed by atoms with Crippen molar-refractivity contribution in [2.45, 2.75) is 6.54 Å². The van der Waals surface area contributed by atoms with Crippen LogP contribution in [0.5, 0.6) is 0 Å². The van der Waals surface area contributed by atoms with Gasteiger partial charge < -0.3 is 4.98 Å². The van der Waals surface area contributed by atoms with Gasteiger partial charge in [-0.3, -0.25) is 4.68 Å². The second-order valence-corrected chi connectivity index (χ2v) is 4.96. The average molecular weight is 274 g/mol. The Balaban J connectivity index is 1.80. The van der Waals surface area contributed by atoms with Crippen LogP contribution in [-0.4, -0.2) is 19.7 Å². The largest absolute Gasteiger partial charge is 0.338 e. The molecule has 4 rings (SSSR count). The second-order valence-electron chi connectivity index (χ2n) is 4.96. The minimum absolute atomic E-state index is 0.736. The lowest BCUT2D eigenvalue weighted by Gasteiger charge is -2.07. The standard InChI is InChI=1S/C17H14N4/c1-2-7-14(13(6-1)12-21-11-5-10-18-21)17-19-15-8-3-4-9-16(15)20-17/h1-11H,12H2,(H,19,20). The zero-order chi connectivity index (χ0) is 14.1. The zero-order valence-electron chi connectivity index (χ0n) is 11.4.